The Labute approximate surface area is 93.5 Å². The highest BCUT2D eigenvalue weighted by Crippen LogP contribution is 2.12. The number of halogens is 1. The van der Waals surface area contributed by atoms with Gasteiger partial charge >= 0.3 is 0 Å². The van der Waals surface area contributed by atoms with Crippen molar-refractivity contribution in [2.75, 3.05) is 26.2 Å². The zero-order valence-electron chi connectivity index (χ0n) is 7.73. The zero-order chi connectivity index (χ0) is 9.10. The minimum Gasteiger partial charge on any atom is -0.335 e. The van der Waals surface area contributed by atoms with E-state index in [1.165, 1.54) is 11.3 Å². The number of carbonyl (C=O) groups is 1. The number of hydrogen-bond donors (Lipinski definition) is 1. The topological polar surface area (TPSA) is 32.3 Å². The van der Waals surface area contributed by atoms with Crippen LogP contribution in [0.2, 0.25) is 0 Å². The van der Waals surface area contributed by atoms with Crippen LogP contribution >= 0.6 is 23.7 Å². The largest absolute Gasteiger partial charge is 0.335 e. The second-order valence-electron chi connectivity index (χ2n) is 3.02. The van der Waals surface area contributed by atoms with E-state index in [1.807, 2.05) is 22.4 Å². The van der Waals surface area contributed by atoms with Crippen LogP contribution in [-0.4, -0.2) is 37.0 Å². The molecule has 0 saturated carbocycles. The number of nitrogens with zero attached hydrogens (tertiary/aromatic N) is 1. The van der Waals surface area contributed by atoms with E-state index in [9.17, 15) is 4.79 Å². The first-order valence-electron chi connectivity index (χ1n) is 4.41. The van der Waals surface area contributed by atoms with Crippen molar-refractivity contribution in [2.45, 2.75) is 0 Å². The molecular weight excluding hydrogens is 220 g/mol. The van der Waals surface area contributed by atoms with E-state index in [4.69, 9.17) is 0 Å². The number of carbonyl (C=O) groups excluding carboxylic acids is 1. The second-order valence-corrected chi connectivity index (χ2v) is 3.97. The van der Waals surface area contributed by atoms with Crippen molar-refractivity contribution in [1.29, 1.82) is 0 Å². The van der Waals surface area contributed by atoms with Crippen LogP contribution < -0.4 is 5.32 Å². The molecule has 3 nitrogen and oxygen atoms in total. The van der Waals surface area contributed by atoms with Gasteiger partial charge in [0, 0.05) is 26.2 Å². The smallest absolute Gasteiger partial charge is 0.264 e. The first-order chi connectivity index (χ1) is 6.38. The van der Waals surface area contributed by atoms with E-state index in [2.05, 4.69) is 5.32 Å². The van der Waals surface area contributed by atoms with Gasteiger partial charge in [0.25, 0.3) is 5.91 Å². The lowest BCUT2D eigenvalue weighted by Crippen LogP contribution is -2.46. The van der Waals surface area contributed by atoms with Gasteiger partial charge in [-0.25, -0.2) is 0 Å². The Balaban J connectivity index is 0.000000980. The van der Waals surface area contributed by atoms with E-state index in [1.54, 1.807) is 0 Å². The van der Waals surface area contributed by atoms with Crippen LogP contribution in [0.25, 0.3) is 0 Å². The molecule has 14 heavy (non-hydrogen) atoms. The normalized spacial score (nSPS) is 16.1. The molecule has 2 heterocycles. The summed E-state index contributed by atoms with van der Waals surface area (Å²) in [7, 11) is 0. The van der Waals surface area contributed by atoms with Crippen LogP contribution in [0.4, 0.5) is 0 Å². The number of nitrogens with one attached hydrogen (secondary N) is 1. The van der Waals surface area contributed by atoms with Crippen molar-refractivity contribution in [1.82, 2.24) is 10.2 Å². The number of rotatable bonds is 1. The van der Waals surface area contributed by atoms with E-state index >= 15 is 0 Å². The Morgan fingerprint density at radius 1 is 1.43 bits per heavy atom. The molecule has 0 unspecified atom stereocenters. The van der Waals surface area contributed by atoms with Crippen molar-refractivity contribution in [3.05, 3.63) is 22.4 Å². The van der Waals surface area contributed by atoms with Crippen molar-refractivity contribution in [3.63, 3.8) is 0 Å². The lowest BCUT2D eigenvalue weighted by Gasteiger charge is -2.26. The van der Waals surface area contributed by atoms with Gasteiger partial charge < -0.3 is 10.2 Å². The fourth-order valence-corrected chi connectivity index (χ4v) is 2.11. The first-order valence-corrected chi connectivity index (χ1v) is 5.29. The minimum absolute atomic E-state index is 0. The Kier molecular flexibility index (Phi) is 4.38. The molecule has 1 aromatic rings. The van der Waals surface area contributed by atoms with Crippen molar-refractivity contribution < 1.29 is 4.79 Å². The van der Waals surface area contributed by atoms with Crippen LogP contribution in [0, 0.1) is 0 Å². The molecule has 5 heteroatoms. The summed E-state index contributed by atoms with van der Waals surface area (Å²) in [6.45, 7) is 3.49. The molecule has 1 aromatic heterocycles. The highest BCUT2D eigenvalue weighted by atomic mass is 35.5. The minimum atomic E-state index is 0. The molecule has 1 amide bonds. The quantitative estimate of drug-likeness (QED) is 0.790. The fraction of sp³-hybridized carbons (Fsp3) is 0.444. The number of amides is 1. The maximum atomic E-state index is 11.8. The monoisotopic (exact) mass is 232 g/mol. The zero-order valence-corrected chi connectivity index (χ0v) is 9.37. The molecule has 1 fully saturated rings. The molecule has 1 saturated heterocycles. The summed E-state index contributed by atoms with van der Waals surface area (Å²) < 4.78 is 0. The molecule has 1 N–H and O–H groups in total. The Morgan fingerprint density at radius 3 is 2.71 bits per heavy atom. The van der Waals surface area contributed by atoms with E-state index in [0.717, 1.165) is 31.1 Å². The molecule has 78 valence electrons. The third-order valence-electron chi connectivity index (χ3n) is 2.14. The number of thiophene rings is 1. The summed E-state index contributed by atoms with van der Waals surface area (Å²) in [4.78, 5) is 14.5. The molecular formula is C9H13ClN2OS. The maximum absolute atomic E-state index is 11.8. The van der Waals surface area contributed by atoms with Crippen LogP contribution in [0.15, 0.2) is 17.5 Å². The van der Waals surface area contributed by atoms with E-state index in [-0.39, 0.29) is 18.3 Å². The van der Waals surface area contributed by atoms with Crippen molar-refractivity contribution in [3.8, 4) is 0 Å². The SMILES string of the molecule is Cl.O=C(c1cccs1)N1CCNCC1. The third kappa shape index (κ3) is 2.47. The first kappa shape index (κ1) is 11.5. The highest BCUT2D eigenvalue weighted by molar-refractivity contribution is 7.12. The standard InChI is InChI=1S/C9H12N2OS.ClH/c12-9(8-2-1-7-13-8)11-5-3-10-4-6-11;/h1-2,7,10H,3-6H2;1H. The Bertz CT molecular complexity index is 283. The predicted molar refractivity (Wildman–Crippen MR) is 60.3 cm³/mol. The Morgan fingerprint density at radius 2 is 2.14 bits per heavy atom. The summed E-state index contributed by atoms with van der Waals surface area (Å²) in [6.07, 6.45) is 0. The van der Waals surface area contributed by atoms with Gasteiger partial charge in [0.2, 0.25) is 0 Å². The lowest BCUT2D eigenvalue weighted by atomic mass is 10.3. The van der Waals surface area contributed by atoms with Gasteiger partial charge in [-0.3, -0.25) is 4.79 Å². The van der Waals surface area contributed by atoms with Crippen LogP contribution in [0.3, 0.4) is 0 Å². The van der Waals surface area contributed by atoms with Gasteiger partial charge in [-0.1, -0.05) is 6.07 Å². The average Bonchev–Trinajstić information content (AvgIpc) is 2.71. The van der Waals surface area contributed by atoms with Gasteiger partial charge in [0.15, 0.2) is 0 Å². The molecule has 0 aromatic carbocycles. The maximum Gasteiger partial charge on any atom is 0.264 e. The molecule has 0 radical (unpaired) electrons. The average molecular weight is 233 g/mol. The van der Waals surface area contributed by atoms with Crippen molar-refractivity contribution >= 4 is 29.7 Å². The summed E-state index contributed by atoms with van der Waals surface area (Å²) in [6, 6.07) is 3.80. The van der Waals surface area contributed by atoms with Crippen LogP contribution in [0.1, 0.15) is 9.67 Å². The Hall–Kier alpha value is -0.580. The van der Waals surface area contributed by atoms with Gasteiger partial charge in [-0.2, -0.15) is 0 Å². The van der Waals surface area contributed by atoms with Crippen molar-refractivity contribution in [2.24, 2.45) is 0 Å². The van der Waals surface area contributed by atoms with Gasteiger partial charge in [-0.05, 0) is 11.4 Å². The molecule has 2 rings (SSSR count). The van der Waals surface area contributed by atoms with Crippen LogP contribution in [0.5, 0.6) is 0 Å². The molecule has 1 aliphatic heterocycles. The molecule has 0 atom stereocenters. The fourth-order valence-electron chi connectivity index (χ4n) is 1.42. The second kappa shape index (κ2) is 5.34. The van der Waals surface area contributed by atoms with Gasteiger partial charge in [-0.15, -0.1) is 23.7 Å². The predicted octanol–water partition coefficient (Wildman–Crippen LogP) is 1.22. The molecule has 0 spiro atoms. The van der Waals surface area contributed by atoms with Gasteiger partial charge in [0.1, 0.15) is 0 Å². The highest BCUT2D eigenvalue weighted by Gasteiger charge is 2.17. The summed E-state index contributed by atoms with van der Waals surface area (Å²) >= 11 is 1.51. The lowest BCUT2D eigenvalue weighted by molar-refractivity contribution is 0.0740. The molecule has 0 bridgehead atoms. The number of hydrogen-bond acceptors (Lipinski definition) is 3. The number of piperazine rings is 1. The molecule has 1 aliphatic rings. The summed E-state index contributed by atoms with van der Waals surface area (Å²) in [5, 5.41) is 5.16. The summed E-state index contributed by atoms with van der Waals surface area (Å²) in [5.41, 5.74) is 0. The summed E-state index contributed by atoms with van der Waals surface area (Å²) in [5.74, 6) is 0.177. The van der Waals surface area contributed by atoms with Gasteiger partial charge in [0.05, 0.1) is 4.88 Å². The van der Waals surface area contributed by atoms with E-state index in [0.29, 0.717) is 0 Å². The van der Waals surface area contributed by atoms with Crippen LogP contribution in [-0.2, 0) is 0 Å². The third-order valence-corrected chi connectivity index (χ3v) is 2.99. The van der Waals surface area contributed by atoms with E-state index < -0.39 is 0 Å². The molecule has 0 aliphatic carbocycles.